The molecule has 1 aliphatic rings. The summed E-state index contributed by atoms with van der Waals surface area (Å²) in [6.07, 6.45) is 2.84. The second-order valence-corrected chi connectivity index (χ2v) is 10.2. The maximum absolute atomic E-state index is 12.1. The third-order valence-corrected chi connectivity index (χ3v) is 7.12. The van der Waals surface area contributed by atoms with Gasteiger partial charge in [-0.05, 0) is 54.8 Å². The summed E-state index contributed by atoms with van der Waals surface area (Å²) in [7, 11) is -2.10. The van der Waals surface area contributed by atoms with Crippen LogP contribution in [0.2, 0.25) is 0 Å². The van der Waals surface area contributed by atoms with Crippen molar-refractivity contribution in [2.45, 2.75) is 30.1 Å². The molecule has 1 aliphatic carbocycles. The van der Waals surface area contributed by atoms with Gasteiger partial charge in [-0.25, -0.2) is 8.42 Å². The first-order valence-electron chi connectivity index (χ1n) is 10.3. The standard InChI is InChI=1S/C23H21N3O6S/c1-31-18-8-5-14(10-19(18)33(2,29)30)23-25-22(26-32-23)13-4-7-17-16(9-13)15-6-3-12(11-20(27)28)21(15)24-17/h4-5,7-10,12,24H,3,6,11H2,1-2H3,(H,27,28). The molecule has 2 heterocycles. The highest BCUT2D eigenvalue weighted by Gasteiger charge is 2.28. The Morgan fingerprint density at radius 1 is 1.24 bits per heavy atom. The first-order chi connectivity index (χ1) is 15.7. The van der Waals surface area contributed by atoms with Gasteiger partial charge < -0.3 is 19.4 Å². The molecule has 1 atom stereocenters. The van der Waals surface area contributed by atoms with Crippen LogP contribution in [0.5, 0.6) is 5.75 Å². The van der Waals surface area contributed by atoms with Crippen LogP contribution in [0.3, 0.4) is 0 Å². The van der Waals surface area contributed by atoms with Crippen LogP contribution in [0.4, 0.5) is 0 Å². The Morgan fingerprint density at radius 3 is 2.76 bits per heavy atom. The molecule has 4 aromatic rings. The number of carboxylic acid groups (broad SMARTS) is 1. The molecule has 0 saturated carbocycles. The number of H-pyrrole nitrogens is 1. The lowest BCUT2D eigenvalue weighted by Crippen LogP contribution is -2.03. The van der Waals surface area contributed by atoms with Gasteiger partial charge >= 0.3 is 5.97 Å². The predicted octanol–water partition coefficient (Wildman–Crippen LogP) is 3.80. The number of nitrogens with one attached hydrogen (secondary N) is 1. The second kappa shape index (κ2) is 7.73. The molecule has 0 radical (unpaired) electrons. The molecule has 33 heavy (non-hydrogen) atoms. The third kappa shape index (κ3) is 3.76. The summed E-state index contributed by atoms with van der Waals surface area (Å²) in [6, 6.07) is 10.4. The maximum Gasteiger partial charge on any atom is 0.304 e. The third-order valence-electron chi connectivity index (χ3n) is 6.01. The van der Waals surface area contributed by atoms with Crippen molar-refractivity contribution in [3.05, 3.63) is 47.7 Å². The van der Waals surface area contributed by atoms with Crippen LogP contribution >= 0.6 is 0 Å². The molecular weight excluding hydrogens is 446 g/mol. The normalized spacial score (nSPS) is 15.6. The zero-order chi connectivity index (χ0) is 23.3. The Labute approximate surface area is 189 Å². The van der Waals surface area contributed by atoms with Crippen molar-refractivity contribution in [1.29, 1.82) is 0 Å². The largest absolute Gasteiger partial charge is 0.495 e. The summed E-state index contributed by atoms with van der Waals surface area (Å²) >= 11 is 0. The molecule has 170 valence electrons. The van der Waals surface area contributed by atoms with E-state index in [9.17, 15) is 18.3 Å². The van der Waals surface area contributed by atoms with Gasteiger partial charge in [-0.1, -0.05) is 5.16 Å². The number of benzene rings is 2. The average Bonchev–Trinajstić information content (AvgIpc) is 3.48. The van der Waals surface area contributed by atoms with E-state index in [2.05, 4.69) is 15.1 Å². The van der Waals surface area contributed by atoms with Gasteiger partial charge in [0.2, 0.25) is 5.82 Å². The van der Waals surface area contributed by atoms with Crippen LogP contribution in [-0.2, 0) is 21.1 Å². The van der Waals surface area contributed by atoms with Crippen molar-refractivity contribution in [1.82, 2.24) is 15.1 Å². The molecule has 9 nitrogen and oxygen atoms in total. The summed E-state index contributed by atoms with van der Waals surface area (Å²) in [5.74, 6) is -0.000550. The smallest absolute Gasteiger partial charge is 0.304 e. The molecule has 0 spiro atoms. The lowest BCUT2D eigenvalue weighted by Gasteiger charge is -2.07. The molecule has 0 saturated heterocycles. The number of hydrogen-bond donors (Lipinski definition) is 2. The van der Waals surface area contributed by atoms with E-state index in [4.69, 9.17) is 9.26 Å². The van der Waals surface area contributed by atoms with E-state index in [1.54, 1.807) is 12.1 Å². The van der Waals surface area contributed by atoms with Gasteiger partial charge in [-0.3, -0.25) is 4.79 Å². The number of methoxy groups -OCH3 is 1. The number of ether oxygens (including phenoxy) is 1. The first kappa shape index (κ1) is 21.2. The minimum atomic E-state index is -3.51. The highest BCUT2D eigenvalue weighted by atomic mass is 32.2. The van der Waals surface area contributed by atoms with Crippen LogP contribution in [0.15, 0.2) is 45.8 Å². The van der Waals surface area contributed by atoms with Gasteiger partial charge in [0, 0.05) is 39.9 Å². The number of aromatic nitrogens is 3. The van der Waals surface area contributed by atoms with E-state index < -0.39 is 15.8 Å². The summed E-state index contributed by atoms with van der Waals surface area (Å²) in [4.78, 5) is 19.1. The number of carbonyl (C=O) groups is 1. The Kier molecular flexibility index (Phi) is 4.97. The van der Waals surface area contributed by atoms with Crippen LogP contribution < -0.4 is 4.74 Å². The number of aliphatic carboxylic acids is 1. The Bertz CT molecular complexity index is 1500. The van der Waals surface area contributed by atoms with Crippen molar-refractivity contribution >= 4 is 26.7 Å². The Morgan fingerprint density at radius 2 is 2.03 bits per heavy atom. The number of aryl methyl sites for hydroxylation is 1. The fourth-order valence-corrected chi connectivity index (χ4v) is 5.32. The van der Waals surface area contributed by atoms with Crippen LogP contribution in [0.1, 0.15) is 30.0 Å². The van der Waals surface area contributed by atoms with E-state index in [0.29, 0.717) is 11.4 Å². The highest BCUT2D eigenvalue weighted by Crippen LogP contribution is 2.40. The minimum absolute atomic E-state index is 0.00996. The number of hydrogen-bond acceptors (Lipinski definition) is 7. The Hall–Kier alpha value is -3.66. The first-order valence-corrected chi connectivity index (χ1v) is 12.2. The lowest BCUT2D eigenvalue weighted by atomic mass is 10.0. The average molecular weight is 468 g/mol. The molecule has 2 aromatic heterocycles. The number of aromatic amines is 1. The van der Waals surface area contributed by atoms with Crippen molar-refractivity contribution < 1.29 is 27.6 Å². The van der Waals surface area contributed by atoms with E-state index in [1.807, 2.05) is 18.2 Å². The molecule has 2 aromatic carbocycles. The van der Waals surface area contributed by atoms with Gasteiger partial charge in [-0.15, -0.1) is 0 Å². The van der Waals surface area contributed by atoms with E-state index in [0.717, 1.165) is 46.8 Å². The molecular formula is C23H21N3O6S. The highest BCUT2D eigenvalue weighted by molar-refractivity contribution is 7.90. The second-order valence-electron chi connectivity index (χ2n) is 8.17. The van der Waals surface area contributed by atoms with E-state index >= 15 is 0 Å². The summed E-state index contributed by atoms with van der Waals surface area (Å²) < 4.78 is 34.8. The molecule has 10 heteroatoms. The molecule has 0 aliphatic heterocycles. The topological polar surface area (TPSA) is 135 Å². The number of rotatable bonds is 6. The van der Waals surface area contributed by atoms with Gasteiger partial charge in [-0.2, -0.15) is 4.98 Å². The molecule has 0 amide bonds. The Balaban J connectivity index is 1.51. The summed E-state index contributed by atoms with van der Waals surface area (Å²) in [5, 5.41) is 14.3. The molecule has 0 bridgehead atoms. The van der Waals surface area contributed by atoms with E-state index in [-0.39, 0.29) is 28.9 Å². The van der Waals surface area contributed by atoms with Gasteiger partial charge in [0.15, 0.2) is 9.84 Å². The predicted molar refractivity (Wildman–Crippen MR) is 120 cm³/mol. The number of fused-ring (bicyclic) bond motifs is 3. The summed E-state index contributed by atoms with van der Waals surface area (Å²) in [6.45, 7) is 0. The number of sulfone groups is 1. The van der Waals surface area contributed by atoms with Crippen molar-refractivity contribution in [3.8, 4) is 28.6 Å². The van der Waals surface area contributed by atoms with Crippen LogP contribution in [0.25, 0.3) is 33.7 Å². The molecule has 1 unspecified atom stereocenters. The molecule has 0 fully saturated rings. The maximum atomic E-state index is 12.1. The van der Waals surface area contributed by atoms with Gasteiger partial charge in [0.25, 0.3) is 5.89 Å². The minimum Gasteiger partial charge on any atom is -0.495 e. The van der Waals surface area contributed by atoms with Crippen molar-refractivity contribution in [2.75, 3.05) is 13.4 Å². The van der Waals surface area contributed by atoms with Gasteiger partial charge in [0.1, 0.15) is 10.6 Å². The lowest BCUT2D eigenvalue weighted by molar-refractivity contribution is -0.137. The number of nitrogens with zero attached hydrogens (tertiary/aromatic N) is 2. The van der Waals surface area contributed by atoms with Crippen LogP contribution in [0, 0.1) is 0 Å². The zero-order valence-electron chi connectivity index (χ0n) is 18.0. The van der Waals surface area contributed by atoms with Crippen molar-refractivity contribution in [3.63, 3.8) is 0 Å². The SMILES string of the molecule is COc1ccc(-c2nc(-c3ccc4[nH]c5c(c4c3)CCC5CC(=O)O)no2)cc1S(C)(=O)=O. The van der Waals surface area contributed by atoms with Crippen molar-refractivity contribution in [2.24, 2.45) is 0 Å². The monoisotopic (exact) mass is 467 g/mol. The summed E-state index contributed by atoms with van der Waals surface area (Å²) in [5.41, 5.74) is 4.28. The quantitative estimate of drug-likeness (QED) is 0.437. The van der Waals surface area contributed by atoms with Gasteiger partial charge in [0.05, 0.1) is 13.5 Å². The molecule has 5 rings (SSSR count). The molecule has 2 N–H and O–H groups in total. The fourth-order valence-electron chi connectivity index (χ4n) is 4.46. The van der Waals surface area contributed by atoms with E-state index in [1.165, 1.54) is 13.2 Å². The number of carboxylic acids is 1. The zero-order valence-corrected chi connectivity index (χ0v) is 18.8. The van der Waals surface area contributed by atoms with Crippen LogP contribution in [-0.4, -0.2) is 48.0 Å². The fraction of sp³-hybridized carbons (Fsp3) is 0.261.